The molecule has 68 valence electrons. The lowest BCUT2D eigenvalue weighted by Crippen LogP contribution is -2.20. The van der Waals surface area contributed by atoms with Gasteiger partial charge in [-0.1, -0.05) is 15.9 Å². The normalized spacial score (nSPS) is 29.6. The van der Waals surface area contributed by atoms with Crippen molar-refractivity contribution < 1.29 is 0 Å². The summed E-state index contributed by atoms with van der Waals surface area (Å²) in [5.74, 6) is 0.674. The number of halogens is 1. The Morgan fingerprint density at radius 3 is 3.15 bits per heavy atom. The summed E-state index contributed by atoms with van der Waals surface area (Å²) in [7, 11) is 0. The fraction of sp³-hybridized carbons (Fsp3) is 0.400. The van der Waals surface area contributed by atoms with Crippen LogP contribution in [0.3, 0.4) is 0 Å². The summed E-state index contributed by atoms with van der Waals surface area (Å²) in [6.07, 6.45) is 0. The minimum absolute atomic E-state index is 0.615. The molecule has 2 atom stereocenters. The average Bonchev–Trinajstić information content (AvgIpc) is 2.64. The van der Waals surface area contributed by atoms with Gasteiger partial charge in [0.25, 0.3) is 0 Å². The van der Waals surface area contributed by atoms with Crippen molar-refractivity contribution in [3.63, 3.8) is 0 Å². The first-order chi connectivity index (χ1) is 6.34. The SMILES string of the molecule is Brc1ccc2c(c1)C1CNCC1N2. The van der Waals surface area contributed by atoms with Gasteiger partial charge in [-0.25, -0.2) is 0 Å². The average molecular weight is 239 g/mol. The van der Waals surface area contributed by atoms with Gasteiger partial charge >= 0.3 is 0 Å². The molecule has 2 heterocycles. The minimum atomic E-state index is 0.615. The highest BCUT2D eigenvalue weighted by atomic mass is 79.9. The Balaban J connectivity index is 2.09. The Morgan fingerprint density at radius 2 is 2.23 bits per heavy atom. The predicted octanol–water partition coefficient (Wildman–Crippen LogP) is 1.93. The number of fused-ring (bicyclic) bond motifs is 3. The van der Waals surface area contributed by atoms with Crippen LogP contribution in [0.1, 0.15) is 11.5 Å². The van der Waals surface area contributed by atoms with Gasteiger partial charge < -0.3 is 10.6 Å². The molecule has 0 spiro atoms. The van der Waals surface area contributed by atoms with Crippen molar-refractivity contribution in [3.8, 4) is 0 Å². The van der Waals surface area contributed by atoms with Gasteiger partial charge in [0.05, 0.1) is 0 Å². The molecule has 0 aliphatic carbocycles. The molecule has 0 amide bonds. The fourth-order valence-corrected chi connectivity index (χ4v) is 2.71. The zero-order chi connectivity index (χ0) is 8.84. The minimum Gasteiger partial charge on any atom is -0.380 e. The van der Waals surface area contributed by atoms with Crippen LogP contribution in [0.2, 0.25) is 0 Å². The Kier molecular flexibility index (Phi) is 1.64. The van der Waals surface area contributed by atoms with Crippen LogP contribution < -0.4 is 10.6 Å². The van der Waals surface area contributed by atoms with Gasteiger partial charge in [-0.2, -0.15) is 0 Å². The lowest BCUT2D eigenvalue weighted by Gasteiger charge is -2.06. The molecule has 13 heavy (non-hydrogen) atoms. The molecule has 2 unspecified atom stereocenters. The van der Waals surface area contributed by atoms with Crippen LogP contribution in [0.4, 0.5) is 5.69 Å². The number of benzene rings is 1. The highest BCUT2D eigenvalue weighted by Crippen LogP contribution is 2.38. The molecule has 3 heteroatoms. The molecule has 0 saturated carbocycles. The second kappa shape index (κ2) is 2.72. The number of nitrogens with one attached hydrogen (secondary N) is 2. The van der Waals surface area contributed by atoms with E-state index < -0.39 is 0 Å². The first-order valence-electron chi connectivity index (χ1n) is 4.61. The van der Waals surface area contributed by atoms with Crippen LogP contribution in [0.15, 0.2) is 22.7 Å². The van der Waals surface area contributed by atoms with Crippen molar-refractivity contribution in [2.75, 3.05) is 18.4 Å². The van der Waals surface area contributed by atoms with Gasteiger partial charge in [0.15, 0.2) is 0 Å². The van der Waals surface area contributed by atoms with Gasteiger partial charge in [-0.3, -0.25) is 0 Å². The van der Waals surface area contributed by atoms with E-state index in [9.17, 15) is 0 Å². The molecule has 3 rings (SSSR count). The van der Waals surface area contributed by atoms with Crippen molar-refractivity contribution >= 4 is 21.6 Å². The highest BCUT2D eigenvalue weighted by Gasteiger charge is 2.35. The molecule has 2 aliphatic heterocycles. The summed E-state index contributed by atoms with van der Waals surface area (Å²) in [6, 6.07) is 7.11. The molecule has 2 nitrogen and oxygen atoms in total. The molecule has 2 N–H and O–H groups in total. The third-order valence-corrected chi connectivity index (χ3v) is 3.46. The number of rotatable bonds is 0. The third kappa shape index (κ3) is 1.11. The topological polar surface area (TPSA) is 24.1 Å². The summed E-state index contributed by atoms with van der Waals surface area (Å²) < 4.78 is 1.18. The maximum absolute atomic E-state index is 3.54. The van der Waals surface area contributed by atoms with E-state index >= 15 is 0 Å². The second-order valence-electron chi connectivity index (χ2n) is 3.75. The zero-order valence-electron chi connectivity index (χ0n) is 7.18. The van der Waals surface area contributed by atoms with Crippen LogP contribution in [0.5, 0.6) is 0 Å². The predicted molar refractivity (Wildman–Crippen MR) is 57.2 cm³/mol. The first-order valence-corrected chi connectivity index (χ1v) is 5.40. The molecular formula is C10H11BrN2. The maximum atomic E-state index is 3.54. The van der Waals surface area contributed by atoms with Crippen molar-refractivity contribution in [2.24, 2.45) is 0 Å². The number of hydrogen-bond donors (Lipinski definition) is 2. The summed E-state index contributed by atoms with van der Waals surface area (Å²) in [5.41, 5.74) is 2.78. The van der Waals surface area contributed by atoms with E-state index in [1.165, 1.54) is 15.7 Å². The van der Waals surface area contributed by atoms with E-state index in [0.29, 0.717) is 12.0 Å². The van der Waals surface area contributed by atoms with Crippen LogP contribution in [-0.2, 0) is 0 Å². The third-order valence-electron chi connectivity index (χ3n) is 2.97. The maximum Gasteiger partial charge on any atom is 0.0467 e. The first kappa shape index (κ1) is 7.83. The summed E-state index contributed by atoms with van der Waals surface area (Å²) in [4.78, 5) is 0. The number of anilines is 1. The summed E-state index contributed by atoms with van der Waals surface area (Å²) in [6.45, 7) is 2.21. The van der Waals surface area contributed by atoms with Crippen molar-refractivity contribution in [1.82, 2.24) is 5.32 Å². The Morgan fingerprint density at radius 1 is 1.31 bits per heavy atom. The standard InChI is InChI=1S/C10H11BrN2/c11-6-1-2-9-7(3-6)8-4-12-5-10(8)13-9/h1-3,8,10,12-13H,4-5H2. The molecule has 0 bridgehead atoms. The van der Waals surface area contributed by atoms with Gasteiger partial charge in [0, 0.05) is 35.2 Å². The summed E-state index contributed by atoms with van der Waals surface area (Å²) >= 11 is 3.51. The molecule has 1 aromatic rings. The van der Waals surface area contributed by atoms with Gasteiger partial charge in [0.2, 0.25) is 0 Å². The Labute approximate surface area is 85.8 Å². The Hall–Kier alpha value is -0.540. The summed E-state index contributed by atoms with van der Waals surface area (Å²) in [5, 5.41) is 6.95. The van der Waals surface area contributed by atoms with Crippen LogP contribution in [0, 0.1) is 0 Å². The van der Waals surface area contributed by atoms with Gasteiger partial charge in [-0.05, 0) is 23.8 Å². The van der Waals surface area contributed by atoms with Crippen molar-refractivity contribution in [3.05, 3.63) is 28.2 Å². The second-order valence-corrected chi connectivity index (χ2v) is 4.66. The molecular weight excluding hydrogens is 228 g/mol. The lowest BCUT2D eigenvalue weighted by molar-refractivity contribution is 0.736. The van der Waals surface area contributed by atoms with Gasteiger partial charge in [-0.15, -0.1) is 0 Å². The lowest BCUT2D eigenvalue weighted by atomic mass is 9.98. The van der Waals surface area contributed by atoms with E-state index in [-0.39, 0.29) is 0 Å². The Bertz CT molecular complexity index is 351. The molecule has 0 aromatic heterocycles. The molecule has 0 radical (unpaired) electrons. The highest BCUT2D eigenvalue weighted by molar-refractivity contribution is 9.10. The van der Waals surface area contributed by atoms with E-state index in [1.807, 2.05) is 0 Å². The largest absolute Gasteiger partial charge is 0.380 e. The van der Waals surface area contributed by atoms with Crippen LogP contribution >= 0.6 is 15.9 Å². The van der Waals surface area contributed by atoms with Crippen molar-refractivity contribution in [1.29, 1.82) is 0 Å². The molecule has 1 aromatic carbocycles. The zero-order valence-corrected chi connectivity index (χ0v) is 8.76. The number of hydrogen-bond acceptors (Lipinski definition) is 2. The molecule has 1 fully saturated rings. The van der Waals surface area contributed by atoms with Crippen LogP contribution in [-0.4, -0.2) is 19.1 Å². The smallest absolute Gasteiger partial charge is 0.0467 e. The van der Waals surface area contributed by atoms with E-state index in [4.69, 9.17) is 0 Å². The van der Waals surface area contributed by atoms with E-state index in [1.54, 1.807) is 0 Å². The fourth-order valence-electron chi connectivity index (χ4n) is 2.33. The van der Waals surface area contributed by atoms with Crippen molar-refractivity contribution in [2.45, 2.75) is 12.0 Å². The van der Waals surface area contributed by atoms with E-state index in [2.05, 4.69) is 44.8 Å². The molecule has 2 aliphatic rings. The van der Waals surface area contributed by atoms with E-state index in [0.717, 1.165) is 13.1 Å². The van der Waals surface area contributed by atoms with Gasteiger partial charge in [0.1, 0.15) is 0 Å². The quantitative estimate of drug-likeness (QED) is 0.722. The molecule has 1 saturated heterocycles. The van der Waals surface area contributed by atoms with Crippen LogP contribution in [0.25, 0.3) is 0 Å². The monoisotopic (exact) mass is 238 g/mol.